The molecular formula is C23H25F3N6O. The predicted molar refractivity (Wildman–Crippen MR) is 118 cm³/mol. The molecule has 1 N–H and O–H groups in total. The summed E-state index contributed by atoms with van der Waals surface area (Å²) < 4.78 is 48.8. The van der Waals surface area contributed by atoms with Gasteiger partial charge in [-0.1, -0.05) is 18.2 Å². The van der Waals surface area contributed by atoms with Crippen LogP contribution in [0.25, 0.3) is 11.4 Å². The summed E-state index contributed by atoms with van der Waals surface area (Å²) in [6, 6.07) is 5.33. The fraction of sp³-hybridized carbons (Fsp3) is 0.435. The van der Waals surface area contributed by atoms with Gasteiger partial charge in [-0.05, 0) is 19.9 Å². The van der Waals surface area contributed by atoms with Crippen molar-refractivity contribution < 1.29 is 17.9 Å². The summed E-state index contributed by atoms with van der Waals surface area (Å²) in [6.07, 6.45) is -2.89. The monoisotopic (exact) mass is 458 g/mol. The molecule has 0 aromatic heterocycles. The van der Waals surface area contributed by atoms with Gasteiger partial charge in [0.1, 0.15) is 23.3 Å². The van der Waals surface area contributed by atoms with Crippen molar-refractivity contribution in [2.75, 3.05) is 43.1 Å². The summed E-state index contributed by atoms with van der Waals surface area (Å²) in [4.78, 5) is 16.1. The number of anilines is 2. The predicted octanol–water partition coefficient (Wildman–Crippen LogP) is 3.69. The van der Waals surface area contributed by atoms with E-state index in [9.17, 15) is 13.2 Å². The van der Waals surface area contributed by atoms with Crippen LogP contribution in [-0.2, 0) is 11.3 Å². The quantitative estimate of drug-likeness (QED) is 0.646. The lowest BCUT2D eigenvalue weighted by atomic mass is 10.0. The third-order valence-electron chi connectivity index (χ3n) is 6.11. The minimum Gasteiger partial charge on any atom is -0.378 e. The molecule has 5 rings (SSSR count). The third kappa shape index (κ3) is 3.92. The largest absolute Gasteiger partial charge is 0.378 e. The topological polar surface area (TPSA) is 67.6 Å². The van der Waals surface area contributed by atoms with Crippen LogP contribution in [0.1, 0.15) is 36.3 Å². The van der Waals surface area contributed by atoms with E-state index in [1.54, 1.807) is 13.8 Å². The molecule has 0 aliphatic carbocycles. The molecule has 1 unspecified atom stereocenters. The number of nitrogens with one attached hydrogen (secondary N) is 1. The molecule has 0 spiro atoms. The number of benzene rings is 1. The molecule has 1 atom stereocenters. The summed E-state index contributed by atoms with van der Waals surface area (Å²) in [7, 11) is 0. The van der Waals surface area contributed by atoms with E-state index in [0.717, 1.165) is 55.1 Å². The highest BCUT2D eigenvalue weighted by atomic mass is 19.3. The van der Waals surface area contributed by atoms with Gasteiger partial charge < -0.3 is 19.5 Å². The van der Waals surface area contributed by atoms with Crippen molar-refractivity contribution in [3.05, 3.63) is 52.5 Å². The molecule has 1 aromatic carbocycles. The Morgan fingerprint density at radius 1 is 1.12 bits per heavy atom. The molecule has 1 saturated heterocycles. The number of rotatable bonds is 4. The number of fused-ring (bicyclic) bond motifs is 3. The first-order valence-electron chi connectivity index (χ1n) is 11.0. The number of alkyl halides is 2. The van der Waals surface area contributed by atoms with Crippen LogP contribution >= 0.6 is 0 Å². The minimum atomic E-state index is -2.89. The van der Waals surface area contributed by atoms with Crippen LogP contribution in [-0.4, -0.2) is 47.4 Å². The van der Waals surface area contributed by atoms with Crippen molar-refractivity contribution in [2.45, 2.75) is 32.9 Å². The number of aromatic nitrogens is 3. The first-order chi connectivity index (χ1) is 15.9. The van der Waals surface area contributed by atoms with E-state index in [1.165, 1.54) is 12.1 Å². The first kappa shape index (κ1) is 21.7. The highest BCUT2D eigenvalue weighted by Crippen LogP contribution is 2.36. The Labute approximate surface area is 189 Å². The molecule has 174 valence electrons. The maximum absolute atomic E-state index is 14.8. The van der Waals surface area contributed by atoms with Crippen LogP contribution in [0, 0.1) is 12.7 Å². The van der Waals surface area contributed by atoms with Crippen molar-refractivity contribution in [1.29, 1.82) is 0 Å². The Morgan fingerprint density at radius 3 is 2.64 bits per heavy atom. The van der Waals surface area contributed by atoms with Crippen molar-refractivity contribution in [1.82, 2.24) is 14.5 Å². The Kier molecular flexibility index (Phi) is 5.69. The summed E-state index contributed by atoms with van der Waals surface area (Å²) in [5, 5.41) is 3.46. The van der Waals surface area contributed by atoms with Gasteiger partial charge in [0.2, 0.25) is 0 Å². The second-order valence-corrected chi connectivity index (χ2v) is 8.24. The van der Waals surface area contributed by atoms with E-state index < -0.39 is 23.8 Å². The van der Waals surface area contributed by atoms with E-state index >= 15 is 0 Å². The number of halogens is 3. The van der Waals surface area contributed by atoms with Crippen LogP contribution in [0.4, 0.5) is 24.7 Å². The van der Waals surface area contributed by atoms with E-state index in [1.807, 2.05) is 6.07 Å². The Balaban J connectivity index is 1.67. The van der Waals surface area contributed by atoms with Gasteiger partial charge in [-0.3, -0.25) is 4.99 Å². The molecule has 0 amide bonds. The molecule has 1 aromatic rings. The van der Waals surface area contributed by atoms with Crippen LogP contribution in [0.5, 0.6) is 0 Å². The Morgan fingerprint density at radius 2 is 1.88 bits per heavy atom. The smallest absolute Gasteiger partial charge is 0.266 e. The summed E-state index contributed by atoms with van der Waals surface area (Å²) >= 11 is 0. The zero-order valence-electron chi connectivity index (χ0n) is 18.5. The first-order valence-corrected chi connectivity index (χ1v) is 11.0. The zero-order valence-corrected chi connectivity index (χ0v) is 18.5. The molecule has 7 nitrogen and oxygen atoms in total. The van der Waals surface area contributed by atoms with Crippen molar-refractivity contribution in [3.63, 3.8) is 0 Å². The van der Waals surface area contributed by atoms with E-state index in [0.29, 0.717) is 24.5 Å². The third-order valence-corrected chi connectivity index (χ3v) is 6.11. The molecule has 4 aliphatic rings. The number of hydrogen-bond acceptors (Lipinski definition) is 6. The highest BCUT2D eigenvalue weighted by molar-refractivity contribution is 5.77. The maximum Gasteiger partial charge on any atom is 0.266 e. The van der Waals surface area contributed by atoms with Gasteiger partial charge in [-0.25, -0.2) is 23.1 Å². The Hall–Kier alpha value is -3.14. The maximum atomic E-state index is 14.8. The van der Waals surface area contributed by atoms with Crippen molar-refractivity contribution in [2.24, 2.45) is 4.99 Å². The molecule has 4 aliphatic heterocycles. The number of morpholine rings is 1. The lowest BCUT2D eigenvalue weighted by Crippen LogP contribution is -2.37. The fourth-order valence-corrected chi connectivity index (χ4v) is 4.48. The van der Waals surface area contributed by atoms with Gasteiger partial charge in [-0.15, -0.1) is 0 Å². The molecule has 10 heteroatoms. The van der Waals surface area contributed by atoms with Gasteiger partial charge >= 0.3 is 0 Å². The number of ether oxygens (including phenoxy) is 1. The second kappa shape index (κ2) is 8.66. The fourth-order valence-electron chi connectivity index (χ4n) is 4.48. The van der Waals surface area contributed by atoms with Gasteiger partial charge in [0, 0.05) is 31.7 Å². The zero-order chi connectivity index (χ0) is 23.1. The number of nitrogens with zero attached hydrogens (tertiary/aromatic N) is 5. The molecule has 4 heterocycles. The average Bonchev–Trinajstić information content (AvgIpc) is 3.29. The molecule has 33 heavy (non-hydrogen) atoms. The van der Waals surface area contributed by atoms with Crippen LogP contribution in [0.15, 0.2) is 29.3 Å². The molecule has 1 fully saturated rings. The van der Waals surface area contributed by atoms with Crippen LogP contribution in [0.2, 0.25) is 0 Å². The van der Waals surface area contributed by atoms with Gasteiger partial charge in [-0.2, -0.15) is 0 Å². The molecule has 0 saturated carbocycles. The second-order valence-electron chi connectivity index (χ2n) is 8.24. The SMILES string of the molecule is Cc1nc2n3c(c(N4CCOCC4)cc-2c(=NC(C)c2cccc(C(F)F)c2F)n1)NCC3. The van der Waals surface area contributed by atoms with Gasteiger partial charge in [0.25, 0.3) is 6.43 Å². The average molecular weight is 458 g/mol. The van der Waals surface area contributed by atoms with E-state index in [-0.39, 0.29) is 5.56 Å². The molecule has 0 bridgehead atoms. The summed E-state index contributed by atoms with van der Waals surface area (Å²) in [5.74, 6) is 1.35. The van der Waals surface area contributed by atoms with Crippen molar-refractivity contribution >= 4 is 11.5 Å². The van der Waals surface area contributed by atoms with E-state index in [4.69, 9.17) is 4.74 Å². The molecule has 0 radical (unpaired) electrons. The van der Waals surface area contributed by atoms with Gasteiger partial charge in [0.15, 0.2) is 5.49 Å². The lowest BCUT2D eigenvalue weighted by Gasteiger charge is -2.31. The number of hydrogen-bond donors (Lipinski definition) is 1. The minimum absolute atomic E-state index is 0.112. The summed E-state index contributed by atoms with van der Waals surface area (Å²) in [6.45, 7) is 7.83. The Bertz CT molecular complexity index is 1220. The van der Waals surface area contributed by atoms with Crippen molar-refractivity contribution in [3.8, 4) is 11.4 Å². The van der Waals surface area contributed by atoms with Crippen LogP contribution < -0.4 is 15.7 Å². The number of pyridine rings is 1. The number of aryl methyl sites for hydroxylation is 1. The highest BCUT2D eigenvalue weighted by Gasteiger charge is 2.27. The summed E-state index contributed by atoms with van der Waals surface area (Å²) in [5.41, 5.74) is 1.68. The standard InChI is InChI=1S/C23H25F3N6O/c1-13(15-4-3-5-16(19(15)24)20(25)26)28-21-17-12-18(31-8-10-33-11-9-31)23-27-6-7-32(23)22(17)30-14(2)29-21/h3-5,12-13,20,27H,6-11H2,1-2H3. The van der Waals surface area contributed by atoms with Crippen LogP contribution in [0.3, 0.4) is 0 Å². The van der Waals surface area contributed by atoms with E-state index in [2.05, 4.69) is 29.7 Å². The van der Waals surface area contributed by atoms with Gasteiger partial charge in [0.05, 0.1) is 36.1 Å². The normalized spacial score (nSPS) is 17.5. The lowest BCUT2D eigenvalue weighted by molar-refractivity contribution is 0.122. The molecular weight excluding hydrogens is 433 g/mol.